The van der Waals surface area contributed by atoms with E-state index in [0.29, 0.717) is 17.4 Å². The molecule has 3 nitrogen and oxygen atoms in total. The third-order valence-corrected chi connectivity index (χ3v) is 3.75. The Morgan fingerprint density at radius 3 is 2.57 bits per heavy atom. The molecule has 0 aliphatic heterocycles. The molecule has 0 unspecified atom stereocenters. The van der Waals surface area contributed by atoms with E-state index < -0.39 is 0 Å². The Bertz CT molecular complexity index is 643. The van der Waals surface area contributed by atoms with Crippen molar-refractivity contribution in [2.24, 2.45) is 0 Å². The van der Waals surface area contributed by atoms with Gasteiger partial charge in [-0.15, -0.1) is 0 Å². The Morgan fingerprint density at radius 1 is 1.19 bits per heavy atom. The van der Waals surface area contributed by atoms with Crippen LogP contribution in [0, 0.1) is 0 Å². The monoisotopic (exact) mass is 368 g/mol. The van der Waals surface area contributed by atoms with E-state index in [1.807, 2.05) is 30.3 Å². The van der Waals surface area contributed by atoms with Gasteiger partial charge in [0, 0.05) is 4.47 Å². The summed E-state index contributed by atoms with van der Waals surface area (Å²) in [5.74, 6) is 0.330. The van der Waals surface area contributed by atoms with Crippen LogP contribution in [0.2, 0.25) is 5.02 Å². The second-order valence-corrected chi connectivity index (χ2v) is 5.71. The molecular formula is C16H14BrClO3. The number of carbonyl (C=O) groups is 1. The van der Waals surface area contributed by atoms with Crippen LogP contribution < -0.4 is 4.74 Å². The minimum atomic E-state index is -0.274. The van der Waals surface area contributed by atoms with Crippen LogP contribution in [0.3, 0.4) is 0 Å². The number of hydrogen-bond donors (Lipinski definition) is 0. The van der Waals surface area contributed by atoms with Crippen LogP contribution in [-0.4, -0.2) is 13.1 Å². The summed E-state index contributed by atoms with van der Waals surface area (Å²) in [4.78, 5) is 11.4. The van der Waals surface area contributed by atoms with Crippen molar-refractivity contribution >= 4 is 33.5 Å². The first kappa shape index (κ1) is 15.9. The van der Waals surface area contributed by atoms with Crippen molar-refractivity contribution in [2.75, 3.05) is 7.11 Å². The van der Waals surface area contributed by atoms with Gasteiger partial charge in [0.25, 0.3) is 0 Å². The minimum absolute atomic E-state index is 0.226. The Morgan fingerprint density at radius 2 is 1.90 bits per heavy atom. The first-order valence-corrected chi connectivity index (χ1v) is 7.48. The van der Waals surface area contributed by atoms with Crippen LogP contribution in [0.1, 0.15) is 11.1 Å². The summed E-state index contributed by atoms with van der Waals surface area (Å²) in [6, 6.07) is 13.0. The van der Waals surface area contributed by atoms with Crippen LogP contribution in [-0.2, 0) is 22.6 Å². The lowest BCUT2D eigenvalue weighted by atomic mass is 10.1. The standard InChI is InChI=1S/C16H14BrClO3/c1-20-16(19)8-11-4-2-3-5-12(11)10-21-15-7-6-13(17)9-14(15)18/h2-7,9H,8,10H2,1H3. The molecule has 0 atom stereocenters. The van der Waals surface area contributed by atoms with Crippen molar-refractivity contribution in [3.8, 4) is 5.75 Å². The highest BCUT2D eigenvalue weighted by atomic mass is 79.9. The van der Waals surface area contributed by atoms with E-state index >= 15 is 0 Å². The average Bonchev–Trinajstić information content (AvgIpc) is 2.47. The van der Waals surface area contributed by atoms with Gasteiger partial charge in [-0.1, -0.05) is 51.8 Å². The lowest BCUT2D eigenvalue weighted by Gasteiger charge is -2.11. The first-order valence-electron chi connectivity index (χ1n) is 6.31. The summed E-state index contributed by atoms with van der Waals surface area (Å²) in [5, 5.41) is 0.537. The average molecular weight is 370 g/mol. The summed E-state index contributed by atoms with van der Waals surface area (Å²) in [5.41, 5.74) is 1.82. The quantitative estimate of drug-likeness (QED) is 0.733. The molecule has 0 saturated carbocycles. The van der Waals surface area contributed by atoms with Gasteiger partial charge >= 0.3 is 5.97 Å². The zero-order valence-electron chi connectivity index (χ0n) is 11.4. The van der Waals surface area contributed by atoms with Gasteiger partial charge in [-0.2, -0.15) is 0 Å². The molecule has 0 aliphatic carbocycles. The highest BCUT2D eigenvalue weighted by Crippen LogP contribution is 2.28. The maximum Gasteiger partial charge on any atom is 0.309 e. The highest BCUT2D eigenvalue weighted by molar-refractivity contribution is 9.10. The first-order chi connectivity index (χ1) is 10.1. The molecule has 2 aromatic rings. The van der Waals surface area contributed by atoms with Gasteiger partial charge in [-0.25, -0.2) is 0 Å². The molecule has 0 fully saturated rings. The zero-order valence-corrected chi connectivity index (χ0v) is 13.8. The van der Waals surface area contributed by atoms with Crippen LogP contribution in [0.25, 0.3) is 0 Å². The van der Waals surface area contributed by atoms with Crippen LogP contribution in [0.5, 0.6) is 5.75 Å². The molecular weight excluding hydrogens is 356 g/mol. The largest absolute Gasteiger partial charge is 0.487 e. The number of methoxy groups -OCH3 is 1. The van der Waals surface area contributed by atoms with Gasteiger partial charge in [0.05, 0.1) is 18.6 Å². The molecule has 21 heavy (non-hydrogen) atoms. The Kier molecular flexibility index (Phi) is 5.65. The molecule has 0 aliphatic rings. The number of halogens is 2. The fourth-order valence-corrected chi connectivity index (χ4v) is 2.57. The second kappa shape index (κ2) is 7.48. The lowest BCUT2D eigenvalue weighted by molar-refractivity contribution is -0.139. The normalized spacial score (nSPS) is 10.2. The maximum absolute atomic E-state index is 11.4. The van der Waals surface area contributed by atoms with Gasteiger partial charge in [-0.3, -0.25) is 4.79 Å². The molecule has 0 saturated heterocycles. The predicted octanol–water partition coefficient (Wildman–Crippen LogP) is 4.40. The van der Waals surface area contributed by atoms with Crippen LogP contribution in [0.15, 0.2) is 46.9 Å². The highest BCUT2D eigenvalue weighted by Gasteiger charge is 2.09. The van der Waals surface area contributed by atoms with Crippen LogP contribution >= 0.6 is 27.5 Å². The summed E-state index contributed by atoms with van der Waals surface area (Å²) in [7, 11) is 1.38. The molecule has 0 spiro atoms. The molecule has 0 N–H and O–H groups in total. The van der Waals surface area contributed by atoms with Crippen molar-refractivity contribution < 1.29 is 14.3 Å². The molecule has 0 aromatic heterocycles. The predicted molar refractivity (Wildman–Crippen MR) is 85.6 cm³/mol. The number of rotatable bonds is 5. The van der Waals surface area contributed by atoms with E-state index in [9.17, 15) is 4.79 Å². The van der Waals surface area contributed by atoms with E-state index in [2.05, 4.69) is 15.9 Å². The second-order valence-electron chi connectivity index (χ2n) is 4.39. The third kappa shape index (κ3) is 4.48. The lowest BCUT2D eigenvalue weighted by Crippen LogP contribution is -2.08. The smallest absolute Gasteiger partial charge is 0.309 e. The number of benzene rings is 2. The number of esters is 1. The van der Waals surface area contributed by atoms with E-state index in [1.165, 1.54) is 7.11 Å². The van der Waals surface area contributed by atoms with Gasteiger partial charge in [0.1, 0.15) is 12.4 Å². The summed E-state index contributed by atoms with van der Waals surface area (Å²) in [6.45, 7) is 0.342. The molecule has 110 valence electrons. The van der Waals surface area contributed by atoms with Gasteiger partial charge < -0.3 is 9.47 Å². The van der Waals surface area contributed by atoms with Gasteiger partial charge in [-0.05, 0) is 29.3 Å². The number of hydrogen-bond acceptors (Lipinski definition) is 3. The van der Waals surface area contributed by atoms with Crippen molar-refractivity contribution in [3.63, 3.8) is 0 Å². The van der Waals surface area contributed by atoms with Crippen molar-refractivity contribution in [2.45, 2.75) is 13.0 Å². The van der Waals surface area contributed by atoms with Gasteiger partial charge in [0.2, 0.25) is 0 Å². The van der Waals surface area contributed by atoms with E-state index in [4.69, 9.17) is 21.1 Å². The molecule has 2 rings (SSSR count). The molecule has 2 aromatic carbocycles. The minimum Gasteiger partial charge on any atom is -0.487 e. The fraction of sp³-hybridized carbons (Fsp3) is 0.188. The van der Waals surface area contributed by atoms with E-state index in [1.54, 1.807) is 12.1 Å². The SMILES string of the molecule is COC(=O)Cc1ccccc1COc1ccc(Br)cc1Cl. The Balaban J connectivity index is 2.11. The molecule has 0 radical (unpaired) electrons. The topological polar surface area (TPSA) is 35.5 Å². The summed E-state index contributed by atoms with van der Waals surface area (Å²) in [6.07, 6.45) is 0.226. The molecule has 0 amide bonds. The number of ether oxygens (including phenoxy) is 2. The molecule has 0 bridgehead atoms. The van der Waals surface area contributed by atoms with Crippen molar-refractivity contribution in [1.82, 2.24) is 0 Å². The zero-order chi connectivity index (χ0) is 15.2. The summed E-state index contributed by atoms with van der Waals surface area (Å²) < 4.78 is 11.3. The van der Waals surface area contributed by atoms with Gasteiger partial charge in [0.15, 0.2) is 0 Å². The van der Waals surface area contributed by atoms with E-state index in [-0.39, 0.29) is 12.4 Å². The number of carbonyl (C=O) groups excluding carboxylic acids is 1. The molecule has 5 heteroatoms. The van der Waals surface area contributed by atoms with E-state index in [0.717, 1.165) is 15.6 Å². The molecule has 0 heterocycles. The van der Waals surface area contributed by atoms with Crippen molar-refractivity contribution in [3.05, 3.63) is 63.1 Å². The third-order valence-electron chi connectivity index (χ3n) is 2.96. The maximum atomic E-state index is 11.4. The Hall–Kier alpha value is -1.52. The van der Waals surface area contributed by atoms with Crippen LogP contribution in [0.4, 0.5) is 0 Å². The summed E-state index contributed by atoms with van der Waals surface area (Å²) >= 11 is 9.46. The Labute approximate surface area is 137 Å². The van der Waals surface area contributed by atoms with Crippen molar-refractivity contribution in [1.29, 1.82) is 0 Å². The fourth-order valence-electron chi connectivity index (χ4n) is 1.85.